The number of aromatic nitrogens is 2. The monoisotopic (exact) mass is 402 g/mol. The van der Waals surface area contributed by atoms with Gasteiger partial charge in [0.1, 0.15) is 5.82 Å². The fraction of sp³-hybridized carbons (Fsp3) is 0.714. The van der Waals surface area contributed by atoms with Gasteiger partial charge in [-0.2, -0.15) is 0 Å². The number of carbonyl (C=O) groups excluding carboxylic acids is 2. The molecule has 0 spiro atoms. The molecule has 1 aromatic rings. The molecule has 29 heavy (non-hydrogen) atoms. The Morgan fingerprint density at radius 3 is 2.62 bits per heavy atom. The maximum atomic E-state index is 12.9. The summed E-state index contributed by atoms with van der Waals surface area (Å²) in [6.45, 7) is 13.4. The van der Waals surface area contributed by atoms with Crippen LogP contribution < -0.4 is 10.2 Å². The van der Waals surface area contributed by atoms with Crippen molar-refractivity contribution < 1.29 is 9.59 Å². The molecule has 160 valence electrons. The highest BCUT2D eigenvalue weighted by Gasteiger charge is 2.33. The van der Waals surface area contributed by atoms with E-state index < -0.39 is 0 Å². The molecular formula is C21H34N6O2. The minimum Gasteiger partial charge on any atom is -0.353 e. The van der Waals surface area contributed by atoms with Crippen LogP contribution in [0.1, 0.15) is 38.1 Å². The lowest BCUT2D eigenvalue weighted by Gasteiger charge is -2.38. The first-order chi connectivity index (χ1) is 13.8. The fourth-order valence-electron chi connectivity index (χ4n) is 3.96. The van der Waals surface area contributed by atoms with E-state index in [0.717, 1.165) is 49.8 Å². The standard InChI is InChI=1S/C21H34N6O2/c1-15(2)5-7-25-8-6-22-21(29)18(25)13-19(28)26-9-11-27(12-10-26)20-17(4)23-14-16(3)24-20/h14-15,18H,5-13H2,1-4H3,(H,22,29)/t18-/m0/s1. The quantitative estimate of drug-likeness (QED) is 0.764. The molecular weight excluding hydrogens is 368 g/mol. The molecule has 0 radical (unpaired) electrons. The van der Waals surface area contributed by atoms with Crippen LogP contribution in [0.5, 0.6) is 0 Å². The molecule has 0 bridgehead atoms. The number of aryl methyl sites for hydroxylation is 2. The van der Waals surface area contributed by atoms with Gasteiger partial charge in [0.05, 0.1) is 23.9 Å². The Hall–Kier alpha value is -2.22. The Bertz CT molecular complexity index is 730. The number of rotatable bonds is 6. The maximum Gasteiger partial charge on any atom is 0.237 e. The molecule has 0 saturated carbocycles. The van der Waals surface area contributed by atoms with Crippen LogP contribution in [0, 0.1) is 19.8 Å². The average Bonchev–Trinajstić information content (AvgIpc) is 2.70. The molecule has 3 heterocycles. The molecule has 0 aliphatic carbocycles. The van der Waals surface area contributed by atoms with E-state index in [1.54, 1.807) is 6.20 Å². The van der Waals surface area contributed by atoms with E-state index in [1.807, 2.05) is 18.7 Å². The summed E-state index contributed by atoms with van der Waals surface area (Å²) < 4.78 is 0. The molecule has 1 aromatic heterocycles. The van der Waals surface area contributed by atoms with Gasteiger partial charge in [-0.1, -0.05) is 13.8 Å². The van der Waals surface area contributed by atoms with Crippen molar-refractivity contribution in [2.45, 2.75) is 46.6 Å². The van der Waals surface area contributed by atoms with Crippen LogP contribution in [0.4, 0.5) is 5.82 Å². The Morgan fingerprint density at radius 2 is 1.93 bits per heavy atom. The zero-order valence-corrected chi connectivity index (χ0v) is 18.1. The predicted octanol–water partition coefficient (Wildman–Crippen LogP) is 0.979. The normalized spacial score (nSPS) is 20.9. The van der Waals surface area contributed by atoms with Gasteiger partial charge in [-0.25, -0.2) is 4.98 Å². The molecule has 2 aliphatic rings. The summed E-state index contributed by atoms with van der Waals surface area (Å²) in [4.78, 5) is 40.6. The Kier molecular flexibility index (Phi) is 7.05. The summed E-state index contributed by atoms with van der Waals surface area (Å²) in [5.41, 5.74) is 1.81. The van der Waals surface area contributed by atoms with Crippen molar-refractivity contribution in [3.63, 3.8) is 0 Å². The number of hydrogen-bond acceptors (Lipinski definition) is 6. The molecule has 0 unspecified atom stereocenters. The topological polar surface area (TPSA) is 81.7 Å². The first kappa shape index (κ1) is 21.5. The van der Waals surface area contributed by atoms with Crippen molar-refractivity contribution in [3.8, 4) is 0 Å². The van der Waals surface area contributed by atoms with Gasteiger partial charge in [0, 0.05) is 45.5 Å². The van der Waals surface area contributed by atoms with Gasteiger partial charge in [0.2, 0.25) is 11.8 Å². The van der Waals surface area contributed by atoms with Crippen molar-refractivity contribution in [1.82, 2.24) is 25.1 Å². The average molecular weight is 403 g/mol. The fourth-order valence-corrected chi connectivity index (χ4v) is 3.96. The minimum absolute atomic E-state index is 0.0161. The van der Waals surface area contributed by atoms with E-state index in [-0.39, 0.29) is 24.3 Å². The van der Waals surface area contributed by atoms with Gasteiger partial charge in [-0.15, -0.1) is 0 Å². The van der Waals surface area contributed by atoms with Crippen molar-refractivity contribution in [2.75, 3.05) is 50.7 Å². The second kappa shape index (κ2) is 9.52. The van der Waals surface area contributed by atoms with Gasteiger partial charge < -0.3 is 15.1 Å². The summed E-state index contributed by atoms with van der Waals surface area (Å²) in [5.74, 6) is 1.53. The molecule has 2 aliphatic heterocycles. The highest BCUT2D eigenvalue weighted by Crippen LogP contribution is 2.19. The molecule has 3 rings (SSSR count). The number of hydrogen-bond donors (Lipinski definition) is 1. The third kappa shape index (κ3) is 5.44. The molecule has 8 nitrogen and oxygen atoms in total. The molecule has 0 aromatic carbocycles. The molecule has 1 atom stereocenters. The third-order valence-electron chi connectivity index (χ3n) is 5.79. The number of anilines is 1. The van der Waals surface area contributed by atoms with Gasteiger partial charge in [0.25, 0.3) is 0 Å². The van der Waals surface area contributed by atoms with Gasteiger partial charge in [-0.05, 0) is 32.7 Å². The molecule has 2 amide bonds. The third-order valence-corrected chi connectivity index (χ3v) is 5.79. The lowest BCUT2D eigenvalue weighted by Crippen LogP contribution is -2.58. The van der Waals surface area contributed by atoms with E-state index in [9.17, 15) is 9.59 Å². The molecule has 2 fully saturated rings. The van der Waals surface area contributed by atoms with Crippen LogP contribution >= 0.6 is 0 Å². The van der Waals surface area contributed by atoms with Crippen molar-refractivity contribution in [3.05, 3.63) is 17.6 Å². The number of nitrogens with one attached hydrogen (secondary N) is 1. The summed E-state index contributed by atoms with van der Waals surface area (Å²) in [5, 5.41) is 2.92. The summed E-state index contributed by atoms with van der Waals surface area (Å²) in [7, 11) is 0. The summed E-state index contributed by atoms with van der Waals surface area (Å²) >= 11 is 0. The van der Waals surface area contributed by atoms with Crippen LogP contribution in [-0.2, 0) is 9.59 Å². The van der Waals surface area contributed by atoms with Crippen molar-refractivity contribution in [2.24, 2.45) is 5.92 Å². The first-order valence-corrected chi connectivity index (χ1v) is 10.7. The maximum absolute atomic E-state index is 12.9. The van der Waals surface area contributed by atoms with Gasteiger partial charge in [-0.3, -0.25) is 19.5 Å². The summed E-state index contributed by atoms with van der Waals surface area (Å²) in [6.07, 6.45) is 3.07. The second-order valence-electron chi connectivity index (χ2n) is 8.52. The zero-order chi connectivity index (χ0) is 21.0. The second-order valence-corrected chi connectivity index (χ2v) is 8.52. The van der Waals surface area contributed by atoms with E-state index in [1.165, 1.54) is 0 Å². The highest BCUT2D eigenvalue weighted by atomic mass is 16.2. The largest absolute Gasteiger partial charge is 0.353 e. The highest BCUT2D eigenvalue weighted by molar-refractivity contribution is 5.89. The SMILES string of the molecule is Cc1cnc(C)c(N2CCN(C(=O)C[C@H]3C(=O)NCCN3CCC(C)C)CC2)n1. The van der Waals surface area contributed by atoms with Crippen molar-refractivity contribution in [1.29, 1.82) is 0 Å². The molecule has 8 heteroatoms. The zero-order valence-electron chi connectivity index (χ0n) is 18.1. The van der Waals surface area contributed by atoms with Crippen LogP contribution in [0.15, 0.2) is 6.20 Å². The van der Waals surface area contributed by atoms with E-state index >= 15 is 0 Å². The minimum atomic E-state index is -0.349. The Balaban J connectivity index is 1.57. The van der Waals surface area contributed by atoms with E-state index in [2.05, 4.69) is 38.9 Å². The smallest absolute Gasteiger partial charge is 0.237 e. The summed E-state index contributed by atoms with van der Waals surface area (Å²) in [6, 6.07) is -0.349. The molecule has 2 saturated heterocycles. The number of piperazine rings is 2. The lowest BCUT2D eigenvalue weighted by molar-refractivity contribution is -0.139. The van der Waals surface area contributed by atoms with E-state index in [0.29, 0.717) is 25.6 Å². The van der Waals surface area contributed by atoms with Crippen LogP contribution in [0.2, 0.25) is 0 Å². The van der Waals surface area contributed by atoms with Crippen LogP contribution in [-0.4, -0.2) is 83.4 Å². The van der Waals surface area contributed by atoms with Gasteiger partial charge in [0.15, 0.2) is 0 Å². The lowest BCUT2D eigenvalue weighted by atomic mass is 10.0. The number of amides is 2. The predicted molar refractivity (Wildman–Crippen MR) is 113 cm³/mol. The van der Waals surface area contributed by atoms with Crippen molar-refractivity contribution >= 4 is 17.6 Å². The molecule has 1 N–H and O–H groups in total. The first-order valence-electron chi connectivity index (χ1n) is 10.7. The van der Waals surface area contributed by atoms with E-state index in [4.69, 9.17) is 0 Å². The number of carbonyl (C=O) groups is 2. The van der Waals surface area contributed by atoms with Crippen LogP contribution in [0.25, 0.3) is 0 Å². The van der Waals surface area contributed by atoms with Gasteiger partial charge >= 0.3 is 0 Å². The van der Waals surface area contributed by atoms with Crippen LogP contribution in [0.3, 0.4) is 0 Å². The Labute approximate surface area is 173 Å². The Morgan fingerprint density at radius 1 is 1.21 bits per heavy atom. The number of nitrogens with zero attached hydrogens (tertiary/aromatic N) is 5.